The van der Waals surface area contributed by atoms with E-state index >= 15 is 0 Å². The number of rotatable bonds is 4. The van der Waals surface area contributed by atoms with Crippen LogP contribution in [-0.2, 0) is 5.54 Å². The second-order valence-electron chi connectivity index (χ2n) is 9.01. The number of carbonyl (C=O) groups excluding carboxylic acids is 1. The summed E-state index contributed by atoms with van der Waals surface area (Å²) in [6, 6.07) is 22.5. The summed E-state index contributed by atoms with van der Waals surface area (Å²) in [5.41, 5.74) is 16.4. The van der Waals surface area contributed by atoms with Crippen LogP contribution in [0.1, 0.15) is 29.0 Å². The van der Waals surface area contributed by atoms with Crippen LogP contribution < -0.4 is 11.5 Å². The van der Waals surface area contributed by atoms with Crippen LogP contribution in [0.15, 0.2) is 72.8 Å². The highest BCUT2D eigenvalue weighted by molar-refractivity contribution is 5.95. The number of nitrogens with zero attached hydrogens (tertiary/aromatic N) is 4. The smallest absolute Gasteiger partial charge is 0.287 e. The first-order chi connectivity index (χ1) is 16.7. The average Bonchev–Trinajstić information content (AvgIpc) is 3.28. The second kappa shape index (κ2) is 7.38. The fraction of sp³-hybridized carbons (Fsp3) is 0.154. The number of aromatic nitrogens is 4. The van der Waals surface area contributed by atoms with Gasteiger partial charge in [0, 0.05) is 24.0 Å². The SMILES string of the molecule is NC(=O)c1nnc2ccc3nc(-c4ccc(C5(N)CC(F)(F)C5)cc4)c(-c4ccccc4)cc3n12. The lowest BCUT2D eigenvalue weighted by molar-refractivity contribution is -0.125. The normalized spacial score (nSPS) is 16.3. The molecule has 6 rings (SSSR count). The average molecular weight is 470 g/mol. The molecule has 7 nitrogen and oxygen atoms in total. The van der Waals surface area contributed by atoms with Crippen molar-refractivity contribution < 1.29 is 13.6 Å². The summed E-state index contributed by atoms with van der Waals surface area (Å²) in [6.07, 6.45) is -0.722. The van der Waals surface area contributed by atoms with E-state index in [4.69, 9.17) is 16.5 Å². The molecule has 1 aliphatic carbocycles. The van der Waals surface area contributed by atoms with Crippen molar-refractivity contribution in [3.8, 4) is 22.4 Å². The Morgan fingerprint density at radius 1 is 0.914 bits per heavy atom. The summed E-state index contributed by atoms with van der Waals surface area (Å²) in [6.45, 7) is 0. The number of benzene rings is 2. The van der Waals surface area contributed by atoms with Gasteiger partial charge in [-0.3, -0.25) is 9.20 Å². The van der Waals surface area contributed by atoms with E-state index in [1.54, 1.807) is 22.6 Å². The van der Waals surface area contributed by atoms with Crippen molar-refractivity contribution in [2.75, 3.05) is 0 Å². The van der Waals surface area contributed by atoms with Gasteiger partial charge in [0.1, 0.15) is 0 Å². The molecule has 1 amide bonds. The summed E-state index contributed by atoms with van der Waals surface area (Å²) in [4.78, 5) is 16.9. The van der Waals surface area contributed by atoms with Gasteiger partial charge in [0.2, 0.25) is 5.82 Å². The van der Waals surface area contributed by atoms with E-state index in [9.17, 15) is 13.6 Å². The zero-order chi connectivity index (χ0) is 24.4. The molecule has 0 saturated heterocycles. The molecular weight excluding hydrogens is 450 g/mol. The zero-order valence-electron chi connectivity index (χ0n) is 18.5. The molecule has 1 aliphatic rings. The molecule has 0 atom stereocenters. The van der Waals surface area contributed by atoms with Gasteiger partial charge in [-0.15, -0.1) is 10.2 Å². The molecule has 0 radical (unpaired) electrons. The summed E-state index contributed by atoms with van der Waals surface area (Å²) >= 11 is 0. The number of fused-ring (bicyclic) bond motifs is 3. The molecule has 35 heavy (non-hydrogen) atoms. The number of hydrogen-bond donors (Lipinski definition) is 2. The van der Waals surface area contributed by atoms with Crippen molar-refractivity contribution in [2.45, 2.75) is 24.3 Å². The van der Waals surface area contributed by atoms with Crippen molar-refractivity contribution in [1.82, 2.24) is 19.6 Å². The van der Waals surface area contributed by atoms with E-state index in [1.165, 1.54) is 0 Å². The number of alkyl halides is 2. The fourth-order valence-corrected chi connectivity index (χ4v) is 4.87. The lowest BCUT2D eigenvalue weighted by Gasteiger charge is -2.44. The fourth-order valence-electron chi connectivity index (χ4n) is 4.87. The maximum atomic E-state index is 13.5. The highest BCUT2D eigenvalue weighted by Crippen LogP contribution is 2.50. The summed E-state index contributed by atoms with van der Waals surface area (Å²) < 4.78 is 28.6. The number of hydrogen-bond acceptors (Lipinski definition) is 5. The topological polar surface area (TPSA) is 112 Å². The molecule has 3 aromatic heterocycles. The highest BCUT2D eigenvalue weighted by atomic mass is 19.3. The third-order valence-corrected chi connectivity index (χ3v) is 6.54. The minimum atomic E-state index is -2.72. The molecule has 2 aromatic carbocycles. The quantitative estimate of drug-likeness (QED) is 0.407. The standard InChI is InChI=1S/C26H20F2N6O/c27-26(28)13-25(30,14-26)17-8-6-16(7-9-17)22-18(15-4-2-1-3-5-15)12-20-19(31-22)10-11-21-32-33-24(23(29)35)34(20)21/h1-12H,13-14,30H2,(H2,29,35). The third-order valence-electron chi connectivity index (χ3n) is 6.54. The van der Waals surface area contributed by atoms with Crippen LogP contribution in [0.3, 0.4) is 0 Å². The number of pyridine rings is 2. The molecule has 0 unspecified atom stereocenters. The minimum absolute atomic E-state index is 0.0223. The van der Waals surface area contributed by atoms with Crippen LogP contribution in [0, 0.1) is 0 Å². The van der Waals surface area contributed by atoms with E-state index in [2.05, 4.69) is 10.2 Å². The number of primary amides is 1. The van der Waals surface area contributed by atoms with Crippen molar-refractivity contribution >= 4 is 22.6 Å². The van der Waals surface area contributed by atoms with Crippen LogP contribution in [0.25, 0.3) is 39.1 Å². The van der Waals surface area contributed by atoms with Gasteiger partial charge in [0.05, 0.1) is 22.3 Å². The predicted molar refractivity (Wildman–Crippen MR) is 128 cm³/mol. The van der Waals surface area contributed by atoms with Crippen LogP contribution in [0.2, 0.25) is 0 Å². The number of nitrogens with two attached hydrogens (primary N) is 2. The maximum Gasteiger partial charge on any atom is 0.287 e. The van der Waals surface area contributed by atoms with Gasteiger partial charge in [0.25, 0.3) is 11.8 Å². The van der Waals surface area contributed by atoms with Gasteiger partial charge in [0.15, 0.2) is 5.65 Å². The minimum Gasteiger partial charge on any atom is -0.363 e. The largest absolute Gasteiger partial charge is 0.363 e. The number of halogens is 2. The predicted octanol–water partition coefficient (Wildman–Crippen LogP) is 4.29. The Kier molecular flexibility index (Phi) is 4.49. The van der Waals surface area contributed by atoms with Crippen LogP contribution in [0.5, 0.6) is 0 Å². The summed E-state index contributed by atoms with van der Waals surface area (Å²) in [7, 11) is 0. The summed E-state index contributed by atoms with van der Waals surface area (Å²) in [5.74, 6) is -3.39. The number of amides is 1. The molecular formula is C26H20F2N6O. The molecule has 4 N–H and O–H groups in total. The van der Waals surface area contributed by atoms with E-state index < -0.39 is 17.4 Å². The maximum absolute atomic E-state index is 13.5. The lowest BCUT2D eigenvalue weighted by atomic mass is 9.70. The Morgan fingerprint density at radius 3 is 2.29 bits per heavy atom. The molecule has 0 bridgehead atoms. The molecule has 1 saturated carbocycles. The summed E-state index contributed by atoms with van der Waals surface area (Å²) in [5, 5.41) is 7.98. The Morgan fingerprint density at radius 2 is 1.63 bits per heavy atom. The molecule has 0 spiro atoms. The molecule has 5 aromatic rings. The molecule has 174 valence electrons. The first-order valence-corrected chi connectivity index (χ1v) is 11.1. The van der Waals surface area contributed by atoms with Crippen LogP contribution in [0.4, 0.5) is 8.78 Å². The first-order valence-electron chi connectivity index (χ1n) is 11.1. The van der Waals surface area contributed by atoms with Crippen LogP contribution in [-0.4, -0.2) is 31.4 Å². The molecule has 9 heteroatoms. The third kappa shape index (κ3) is 3.43. The molecule has 1 fully saturated rings. The van der Waals surface area contributed by atoms with Gasteiger partial charge >= 0.3 is 0 Å². The Hall–Kier alpha value is -4.24. The van der Waals surface area contributed by atoms with E-state index in [-0.39, 0.29) is 18.7 Å². The molecule has 0 aliphatic heterocycles. The number of carbonyl (C=O) groups is 1. The molecule has 3 heterocycles. The van der Waals surface area contributed by atoms with Crippen molar-refractivity contribution in [1.29, 1.82) is 0 Å². The first kappa shape index (κ1) is 21.3. The highest BCUT2D eigenvalue weighted by Gasteiger charge is 2.55. The van der Waals surface area contributed by atoms with Gasteiger partial charge in [-0.25, -0.2) is 13.8 Å². The van der Waals surface area contributed by atoms with E-state index in [0.29, 0.717) is 27.9 Å². The Balaban J connectivity index is 1.55. The van der Waals surface area contributed by atoms with Crippen LogP contribution >= 0.6 is 0 Å². The van der Waals surface area contributed by atoms with Gasteiger partial charge in [-0.2, -0.15) is 0 Å². The monoisotopic (exact) mass is 470 g/mol. The van der Waals surface area contributed by atoms with Gasteiger partial charge < -0.3 is 11.5 Å². The lowest BCUT2D eigenvalue weighted by Crippen LogP contribution is -2.55. The van der Waals surface area contributed by atoms with E-state index in [0.717, 1.165) is 16.7 Å². The Bertz CT molecular complexity index is 1600. The van der Waals surface area contributed by atoms with Gasteiger partial charge in [-0.05, 0) is 29.3 Å². The van der Waals surface area contributed by atoms with Crippen molar-refractivity contribution in [3.63, 3.8) is 0 Å². The zero-order valence-corrected chi connectivity index (χ0v) is 18.5. The van der Waals surface area contributed by atoms with E-state index in [1.807, 2.05) is 54.6 Å². The second-order valence-corrected chi connectivity index (χ2v) is 9.01. The van der Waals surface area contributed by atoms with Gasteiger partial charge in [-0.1, -0.05) is 54.6 Å². The Labute approximate surface area is 198 Å². The van der Waals surface area contributed by atoms with Crippen molar-refractivity contribution in [2.24, 2.45) is 11.5 Å². The van der Waals surface area contributed by atoms with Crippen molar-refractivity contribution in [3.05, 3.63) is 84.2 Å².